The molecular formula is C37H68O5. The van der Waals surface area contributed by atoms with Gasteiger partial charge in [-0.3, -0.25) is 9.59 Å². The number of esters is 2. The van der Waals surface area contributed by atoms with Crippen molar-refractivity contribution in [2.24, 2.45) is 0 Å². The highest BCUT2D eigenvalue weighted by Crippen LogP contribution is 2.11. The van der Waals surface area contributed by atoms with Gasteiger partial charge in [0.15, 0.2) is 0 Å². The molecule has 0 rings (SSSR count). The summed E-state index contributed by atoms with van der Waals surface area (Å²) in [5.74, 6) is -0.368. The van der Waals surface area contributed by atoms with E-state index in [1.165, 1.54) is 83.5 Å². The highest BCUT2D eigenvalue weighted by Gasteiger charge is 2.15. The van der Waals surface area contributed by atoms with Crippen LogP contribution in [0.5, 0.6) is 0 Å². The Labute approximate surface area is 260 Å². The molecule has 0 heterocycles. The molecule has 246 valence electrons. The average Bonchev–Trinajstić information content (AvgIpc) is 2.99. The monoisotopic (exact) mass is 593 g/mol. The zero-order valence-corrected chi connectivity index (χ0v) is 28.0. The summed E-state index contributed by atoms with van der Waals surface area (Å²) in [6.07, 6.45) is 35.2. The smallest absolute Gasteiger partial charge is 0.305 e. The minimum Gasteiger partial charge on any atom is -0.463 e. The molecule has 5 nitrogen and oxygen atoms in total. The molecule has 0 saturated heterocycles. The van der Waals surface area contributed by atoms with E-state index in [9.17, 15) is 9.59 Å². The van der Waals surface area contributed by atoms with E-state index in [0.29, 0.717) is 19.4 Å². The molecule has 0 amide bonds. The molecule has 0 saturated carbocycles. The molecule has 0 aromatic rings. The SMILES string of the molecule is CCCCC/C=C\C/C=C\CCCCCCCCOC(COC(=O)CCCCCCC)COC(=O)CCCCCCC. The normalized spacial score (nSPS) is 11.7. The Morgan fingerprint density at radius 2 is 0.905 bits per heavy atom. The van der Waals surface area contributed by atoms with Crippen molar-refractivity contribution in [3.8, 4) is 0 Å². The summed E-state index contributed by atoms with van der Waals surface area (Å²) in [5, 5.41) is 0. The Bertz CT molecular complexity index is 612. The molecule has 42 heavy (non-hydrogen) atoms. The van der Waals surface area contributed by atoms with Crippen molar-refractivity contribution in [3.05, 3.63) is 24.3 Å². The summed E-state index contributed by atoms with van der Waals surface area (Å²) in [6, 6.07) is 0. The first-order valence-corrected chi connectivity index (χ1v) is 17.9. The molecular weight excluding hydrogens is 524 g/mol. The van der Waals surface area contributed by atoms with Crippen molar-refractivity contribution in [2.75, 3.05) is 19.8 Å². The summed E-state index contributed by atoms with van der Waals surface area (Å²) in [5.41, 5.74) is 0. The van der Waals surface area contributed by atoms with Crippen molar-refractivity contribution in [1.82, 2.24) is 0 Å². The molecule has 0 N–H and O–H groups in total. The topological polar surface area (TPSA) is 61.8 Å². The summed E-state index contributed by atoms with van der Waals surface area (Å²) in [6.45, 7) is 7.52. The molecule has 0 aromatic carbocycles. The fourth-order valence-electron chi connectivity index (χ4n) is 4.75. The Balaban J connectivity index is 4.08. The molecule has 0 spiro atoms. The minimum atomic E-state index is -0.393. The molecule has 0 aliphatic rings. The number of unbranched alkanes of at least 4 members (excludes halogenated alkanes) is 17. The van der Waals surface area contributed by atoms with Gasteiger partial charge in [0.2, 0.25) is 0 Å². The molecule has 0 aliphatic heterocycles. The van der Waals surface area contributed by atoms with Gasteiger partial charge in [0.25, 0.3) is 0 Å². The fraction of sp³-hybridized carbons (Fsp3) is 0.838. The standard InChI is InChI=1S/C37H68O5/c1-4-7-10-13-14-15-16-17-18-19-20-21-22-23-26-29-32-40-35(33-41-36(38)30-27-24-11-8-5-2)34-42-37(39)31-28-25-12-9-6-3/h14-15,17-18,35H,4-13,16,19-34H2,1-3H3/b15-14-,18-17-. The van der Waals surface area contributed by atoms with Gasteiger partial charge in [-0.25, -0.2) is 0 Å². The lowest BCUT2D eigenvalue weighted by atomic mass is 10.1. The molecule has 0 bridgehead atoms. The first-order chi connectivity index (χ1) is 20.6. The van der Waals surface area contributed by atoms with Crippen LogP contribution in [0.25, 0.3) is 0 Å². The van der Waals surface area contributed by atoms with Crippen molar-refractivity contribution >= 4 is 11.9 Å². The van der Waals surface area contributed by atoms with Crippen LogP contribution in [0.2, 0.25) is 0 Å². The summed E-state index contributed by atoms with van der Waals surface area (Å²) in [7, 11) is 0. The predicted molar refractivity (Wildman–Crippen MR) is 178 cm³/mol. The third-order valence-corrected chi connectivity index (χ3v) is 7.53. The van der Waals surface area contributed by atoms with Crippen molar-refractivity contribution < 1.29 is 23.8 Å². The lowest BCUT2D eigenvalue weighted by Gasteiger charge is -2.18. The Morgan fingerprint density at radius 1 is 0.500 bits per heavy atom. The molecule has 0 aliphatic carbocycles. The minimum absolute atomic E-state index is 0.153. The number of allylic oxidation sites excluding steroid dienone is 4. The maximum absolute atomic E-state index is 12.2. The van der Waals surface area contributed by atoms with Gasteiger partial charge in [0.1, 0.15) is 19.3 Å². The van der Waals surface area contributed by atoms with Crippen LogP contribution in [0, 0.1) is 0 Å². The van der Waals surface area contributed by atoms with Crippen molar-refractivity contribution in [2.45, 2.75) is 181 Å². The predicted octanol–water partition coefficient (Wildman–Crippen LogP) is 11.0. The second-order valence-corrected chi connectivity index (χ2v) is 11.8. The van der Waals surface area contributed by atoms with Crippen molar-refractivity contribution in [3.63, 3.8) is 0 Å². The summed E-state index contributed by atoms with van der Waals surface area (Å²) < 4.78 is 17.0. The van der Waals surface area contributed by atoms with Gasteiger partial charge in [0, 0.05) is 19.4 Å². The molecule has 0 aromatic heterocycles. The zero-order valence-electron chi connectivity index (χ0n) is 28.0. The Morgan fingerprint density at radius 3 is 1.43 bits per heavy atom. The third-order valence-electron chi connectivity index (χ3n) is 7.53. The maximum Gasteiger partial charge on any atom is 0.305 e. The van der Waals surface area contributed by atoms with E-state index in [0.717, 1.165) is 57.8 Å². The van der Waals surface area contributed by atoms with Crippen LogP contribution >= 0.6 is 0 Å². The fourth-order valence-corrected chi connectivity index (χ4v) is 4.75. The molecule has 5 heteroatoms. The van der Waals surface area contributed by atoms with Crippen LogP contribution in [-0.2, 0) is 23.8 Å². The average molecular weight is 593 g/mol. The first-order valence-electron chi connectivity index (χ1n) is 17.9. The van der Waals surface area contributed by atoms with Crippen LogP contribution in [0.3, 0.4) is 0 Å². The van der Waals surface area contributed by atoms with Crippen LogP contribution in [0.4, 0.5) is 0 Å². The molecule has 0 atom stereocenters. The lowest BCUT2D eigenvalue weighted by Crippen LogP contribution is -2.29. The molecule has 0 fully saturated rings. The van der Waals surface area contributed by atoms with Crippen LogP contribution in [-0.4, -0.2) is 37.9 Å². The highest BCUT2D eigenvalue weighted by molar-refractivity contribution is 5.69. The van der Waals surface area contributed by atoms with Gasteiger partial charge in [-0.2, -0.15) is 0 Å². The maximum atomic E-state index is 12.2. The van der Waals surface area contributed by atoms with Gasteiger partial charge in [0.05, 0.1) is 0 Å². The van der Waals surface area contributed by atoms with Gasteiger partial charge >= 0.3 is 11.9 Å². The Kier molecular flexibility index (Phi) is 32.6. The molecule has 0 radical (unpaired) electrons. The second kappa shape index (κ2) is 33.9. The Hall–Kier alpha value is -1.62. The van der Waals surface area contributed by atoms with E-state index in [1.807, 2.05) is 0 Å². The lowest BCUT2D eigenvalue weighted by molar-refractivity contribution is -0.155. The van der Waals surface area contributed by atoms with E-state index in [-0.39, 0.29) is 25.2 Å². The number of rotatable bonds is 32. The van der Waals surface area contributed by atoms with Gasteiger partial charge in [-0.15, -0.1) is 0 Å². The largest absolute Gasteiger partial charge is 0.463 e. The third kappa shape index (κ3) is 31.3. The quantitative estimate of drug-likeness (QED) is 0.0442. The van der Waals surface area contributed by atoms with Gasteiger partial charge < -0.3 is 14.2 Å². The van der Waals surface area contributed by atoms with Gasteiger partial charge in [-0.05, 0) is 51.4 Å². The van der Waals surface area contributed by atoms with Crippen LogP contribution < -0.4 is 0 Å². The highest BCUT2D eigenvalue weighted by atomic mass is 16.6. The van der Waals surface area contributed by atoms with Crippen molar-refractivity contribution in [1.29, 1.82) is 0 Å². The van der Waals surface area contributed by atoms with E-state index in [4.69, 9.17) is 14.2 Å². The number of hydrogen-bond acceptors (Lipinski definition) is 5. The first kappa shape index (κ1) is 40.4. The zero-order chi connectivity index (χ0) is 30.8. The molecule has 0 unspecified atom stereocenters. The number of carbonyl (C=O) groups is 2. The van der Waals surface area contributed by atoms with Crippen LogP contribution in [0.15, 0.2) is 24.3 Å². The van der Waals surface area contributed by atoms with E-state index < -0.39 is 6.10 Å². The number of carbonyl (C=O) groups excluding carboxylic acids is 2. The van der Waals surface area contributed by atoms with E-state index in [2.05, 4.69) is 45.1 Å². The van der Waals surface area contributed by atoms with Crippen LogP contribution in [0.1, 0.15) is 175 Å². The number of hydrogen-bond donors (Lipinski definition) is 0. The summed E-state index contributed by atoms with van der Waals surface area (Å²) >= 11 is 0. The van der Waals surface area contributed by atoms with Gasteiger partial charge in [-0.1, -0.05) is 135 Å². The summed E-state index contributed by atoms with van der Waals surface area (Å²) in [4.78, 5) is 24.4. The number of ether oxygens (including phenoxy) is 3. The van der Waals surface area contributed by atoms with E-state index in [1.54, 1.807) is 0 Å². The van der Waals surface area contributed by atoms with E-state index >= 15 is 0 Å². The second-order valence-electron chi connectivity index (χ2n) is 11.8.